The quantitative estimate of drug-likeness (QED) is 0.360. The van der Waals surface area contributed by atoms with Crippen LogP contribution in [0.1, 0.15) is 0 Å². The van der Waals surface area contributed by atoms with Crippen molar-refractivity contribution in [2.24, 2.45) is 11.5 Å². The molecule has 0 rings (SSSR count). The molecular formula is C3H6N2O3. The van der Waals surface area contributed by atoms with Crippen LogP contribution in [-0.2, 0) is 9.59 Å². The van der Waals surface area contributed by atoms with E-state index in [2.05, 4.69) is 11.5 Å². The van der Waals surface area contributed by atoms with Crippen LogP contribution >= 0.6 is 0 Å². The maximum absolute atomic E-state index is 9.86. The highest BCUT2D eigenvalue weighted by molar-refractivity contribution is 5.99. The van der Waals surface area contributed by atoms with Crippen LogP contribution in [0.25, 0.3) is 0 Å². The van der Waals surface area contributed by atoms with E-state index >= 15 is 0 Å². The van der Waals surface area contributed by atoms with Crippen molar-refractivity contribution in [1.82, 2.24) is 0 Å². The van der Waals surface area contributed by atoms with Gasteiger partial charge in [-0.15, -0.1) is 0 Å². The largest absolute Gasteiger partial charge is 0.480 e. The van der Waals surface area contributed by atoms with Gasteiger partial charge < -0.3 is 16.6 Å². The number of primary amides is 1. The van der Waals surface area contributed by atoms with Crippen LogP contribution in [0.15, 0.2) is 0 Å². The second-order valence-electron chi connectivity index (χ2n) is 1.22. The molecule has 0 aromatic carbocycles. The van der Waals surface area contributed by atoms with Crippen molar-refractivity contribution < 1.29 is 14.7 Å². The van der Waals surface area contributed by atoms with Crippen molar-refractivity contribution in [3.63, 3.8) is 0 Å². The van der Waals surface area contributed by atoms with Crippen molar-refractivity contribution >= 4 is 11.9 Å². The average molecular weight is 118 g/mol. The Bertz CT molecular complexity index is 108. The van der Waals surface area contributed by atoms with E-state index in [0.29, 0.717) is 0 Å². The summed E-state index contributed by atoms with van der Waals surface area (Å²) in [5, 5.41) is 7.93. The second kappa shape index (κ2) is 2.27. The molecule has 8 heavy (non-hydrogen) atoms. The Balaban J connectivity index is 3.83. The Morgan fingerprint density at radius 3 is 1.88 bits per heavy atom. The predicted molar refractivity (Wildman–Crippen MR) is 24.8 cm³/mol. The van der Waals surface area contributed by atoms with Crippen molar-refractivity contribution in [2.75, 3.05) is 0 Å². The van der Waals surface area contributed by atoms with Gasteiger partial charge in [-0.2, -0.15) is 0 Å². The monoisotopic (exact) mass is 118 g/mol. The van der Waals surface area contributed by atoms with Crippen molar-refractivity contribution in [2.45, 2.75) is 6.04 Å². The molecule has 0 aliphatic rings. The number of rotatable bonds is 2. The normalized spacial score (nSPS) is 12.6. The van der Waals surface area contributed by atoms with Crippen LogP contribution in [-0.4, -0.2) is 23.0 Å². The molecule has 0 saturated carbocycles. The van der Waals surface area contributed by atoms with Gasteiger partial charge in [-0.3, -0.25) is 4.79 Å². The molecule has 5 nitrogen and oxygen atoms in total. The van der Waals surface area contributed by atoms with Crippen LogP contribution < -0.4 is 11.5 Å². The lowest BCUT2D eigenvalue weighted by molar-refractivity contribution is -0.141. The zero-order valence-electron chi connectivity index (χ0n) is 4.00. The fourth-order valence-electron chi connectivity index (χ4n) is 0.122. The highest BCUT2D eigenvalue weighted by atomic mass is 16.4. The maximum atomic E-state index is 9.86. The zero-order valence-corrected chi connectivity index (χ0v) is 4.00. The van der Waals surface area contributed by atoms with Crippen LogP contribution in [0.4, 0.5) is 0 Å². The van der Waals surface area contributed by atoms with E-state index in [4.69, 9.17) is 5.11 Å². The van der Waals surface area contributed by atoms with Gasteiger partial charge in [0.1, 0.15) is 0 Å². The topological polar surface area (TPSA) is 106 Å². The van der Waals surface area contributed by atoms with Crippen molar-refractivity contribution in [1.29, 1.82) is 0 Å². The summed E-state index contributed by atoms with van der Waals surface area (Å²) in [7, 11) is 0. The summed E-state index contributed by atoms with van der Waals surface area (Å²) in [4.78, 5) is 19.6. The third-order valence-corrected chi connectivity index (χ3v) is 0.573. The summed E-state index contributed by atoms with van der Waals surface area (Å²) >= 11 is 0. The minimum Gasteiger partial charge on any atom is -0.480 e. The first-order valence-corrected chi connectivity index (χ1v) is 1.83. The van der Waals surface area contributed by atoms with E-state index < -0.39 is 17.9 Å². The Morgan fingerprint density at radius 1 is 1.50 bits per heavy atom. The van der Waals surface area contributed by atoms with Gasteiger partial charge in [0.25, 0.3) is 0 Å². The summed E-state index contributed by atoms with van der Waals surface area (Å²) in [5.41, 5.74) is 9.18. The highest BCUT2D eigenvalue weighted by Gasteiger charge is 2.16. The molecule has 0 unspecified atom stereocenters. The number of nitrogens with two attached hydrogens (primary N) is 2. The van der Waals surface area contributed by atoms with Gasteiger partial charge in [-0.25, -0.2) is 4.79 Å². The fraction of sp³-hybridized carbons (Fsp3) is 0.333. The molecule has 0 fully saturated rings. The Hall–Kier alpha value is -1.10. The average Bonchev–Trinajstić information content (AvgIpc) is 1.64. The van der Waals surface area contributed by atoms with Crippen molar-refractivity contribution in [3.8, 4) is 0 Å². The molecule has 5 N–H and O–H groups in total. The third kappa shape index (κ3) is 1.57. The van der Waals surface area contributed by atoms with Crippen LogP contribution in [0.3, 0.4) is 0 Å². The minimum atomic E-state index is -1.57. The zero-order chi connectivity index (χ0) is 6.73. The van der Waals surface area contributed by atoms with Gasteiger partial charge >= 0.3 is 5.97 Å². The van der Waals surface area contributed by atoms with Gasteiger partial charge in [-0.05, 0) is 0 Å². The lowest BCUT2D eigenvalue weighted by atomic mass is 10.3. The van der Waals surface area contributed by atoms with Crippen LogP contribution in [0.2, 0.25) is 0 Å². The van der Waals surface area contributed by atoms with E-state index in [1.807, 2.05) is 0 Å². The van der Waals surface area contributed by atoms with Gasteiger partial charge in [0.05, 0.1) is 0 Å². The van der Waals surface area contributed by atoms with Gasteiger partial charge in [0, 0.05) is 0 Å². The minimum absolute atomic E-state index is 1.03. The first kappa shape index (κ1) is 6.90. The Morgan fingerprint density at radius 2 is 1.88 bits per heavy atom. The first-order chi connectivity index (χ1) is 3.55. The summed E-state index contributed by atoms with van der Waals surface area (Å²) in [5.74, 6) is -2.44. The smallest absolute Gasteiger partial charge is 0.330 e. The molecule has 0 aliphatic carbocycles. The number of aliphatic carboxylic acids is 1. The van der Waals surface area contributed by atoms with Crippen LogP contribution in [0.5, 0.6) is 0 Å². The molecule has 46 valence electrons. The van der Waals surface area contributed by atoms with Crippen LogP contribution in [0, 0.1) is 0 Å². The molecule has 0 heterocycles. The standard InChI is InChI=1S/C3H6N2O3/c4-1(2(5)6)3(7)8/h1H,4H2,(H2,5,6)(H,7,8)/t1-/m1/s1. The number of hydrogen-bond acceptors (Lipinski definition) is 3. The number of carboxylic acids is 1. The lowest BCUT2D eigenvalue weighted by Gasteiger charge is -1.96. The van der Waals surface area contributed by atoms with Crippen molar-refractivity contribution in [3.05, 3.63) is 0 Å². The van der Waals surface area contributed by atoms with Gasteiger partial charge in [-0.1, -0.05) is 0 Å². The van der Waals surface area contributed by atoms with E-state index in [1.165, 1.54) is 0 Å². The molecule has 1 amide bonds. The predicted octanol–water partition coefficient (Wildman–Crippen LogP) is -2.12. The lowest BCUT2D eigenvalue weighted by Crippen LogP contribution is -2.42. The molecule has 0 saturated heterocycles. The number of amides is 1. The Kier molecular flexibility index (Phi) is 1.96. The molecule has 0 spiro atoms. The number of hydrogen-bond donors (Lipinski definition) is 3. The molecule has 0 aliphatic heterocycles. The molecule has 0 radical (unpaired) electrons. The fourth-order valence-corrected chi connectivity index (χ4v) is 0.122. The highest BCUT2D eigenvalue weighted by Crippen LogP contribution is 1.72. The summed E-state index contributed by atoms with van der Waals surface area (Å²) < 4.78 is 0. The van der Waals surface area contributed by atoms with E-state index in [-0.39, 0.29) is 0 Å². The molecule has 5 heteroatoms. The molecule has 0 aromatic heterocycles. The maximum Gasteiger partial charge on any atom is 0.330 e. The summed E-state index contributed by atoms with van der Waals surface area (Å²) in [6, 6.07) is -1.57. The molecule has 0 aromatic rings. The van der Waals surface area contributed by atoms with Gasteiger partial charge in [0.2, 0.25) is 5.91 Å². The number of carbonyl (C=O) groups excluding carboxylic acids is 1. The number of carbonyl (C=O) groups is 2. The first-order valence-electron chi connectivity index (χ1n) is 1.83. The third-order valence-electron chi connectivity index (χ3n) is 0.573. The second-order valence-corrected chi connectivity index (χ2v) is 1.22. The summed E-state index contributed by atoms with van der Waals surface area (Å²) in [6.07, 6.45) is 0. The van der Waals surface area contributed by atoms with Gasteiger partial charge in [0.15, 0.2) is 6.04 Å². The van der Waals surface area contributed by atoms with E-state index in [9.17, 15) is 9.59 Å². The van der Waals surface area contributed by atoms with E-state index in [0.717, 1.165) is 0 Å². The number of carboxylic acid groups (broad SMARTS) is 1. The van der Waals surface area contributed by atoms with E-state index in [1.54, 1.807) is 0 Å². The molecule has 0 bridgehead atoms. The molecular weight excluding hydrogens is 112 g/mol. The molecule has 1 atom stereocenters. The SMILES string of the molecule is NC(=O)[C@@H](N)C(=O)O. The Labute approximate surface area is 45.3 Å². The summed E-state index contributed by atoms with van der Waals surface area (Å²) in [6.45, 7) is 0.